The first kappa shape index (κ1) is 16.7. The first-order valence-corrected chi connectivity index (χ1v) is 8.37. The fourth-order valence-electron chi connectivity index (χ4n) is 2.28. The molecule has 0 unspecified atom stereocenters. The van der Waals surface area contributed by atoms with Crippen LogP contribution in [0.1, 0.15) is 11.6 Å². The second kappa shape index (κ2) is 7.65. The average Bonchev–Trinajstić information content (AvgIpc) is 3.25. The van der Waals surface area contributed by atoms with Crippen molar-refractivity contribution in [1.29, 1.82) is 0 Å². The number of hydrogen-bond acceptors (Lipinski definition) is 7. The molecule has 0 aromatic carbocycles. The molecule has 0 amide bonds. The summed E-state index contributed by atoms with van der Waals surface area (Å²) in [5.74, 6) is 1.78. The van der Waals surface area contributed by atoms with Gasteiger partial charge in [-0.25, -0.2) is 4.98 Å². The number of aryl methyl sites for hydroxylation is 2. The smallest absolute Gasteiger partial charge is 0.198 e. The molecule has 0 atom stereocenters. The normalized spacial score (nSPS) is 11.5. The van der Waals surface area contributed by atoms with E-state index in [0.29, 0.717) is 19.6 Å². The van der Waals surface area contributed by atoms with E-state index in [-0.39, 0.29) is 6.61 Å². The Labute approximate surface area is 144 Å². The topological polar surface area (TPSA) is 85.1 Å². The van der Waals surface area contributed by atoms with Gasteiger partial charge in [0.15, 0.2) is 10.2 Å². The molecule has 0 saturated carbocycles. The number of hydrogen-bond donors (Lipinski definition) is 1. The van der Waals surface area contributed by atoms with Crippen molar-refractivity contribution < 1.29 is 9.52 Å². The van der Waals surface area contributed by atoms with Gasteiger partial charge in [0.05, 0.1) is 19.7 Å². The Kier molecular flexibility index (Phi) is 5.34. The van der Waals surface area contributed by atoms with Crippen molar-refractivity contribution in [3.05, 3.63) is 42.4 Å². The van der Waals surface area contributed by atoms with Gasteiger partial charge in [-0.1, -0.05) is 0 Å². The molecule has 0 saturated heterocycles. The SMILES string of the molecule is Cn1ccnc1CN(CCO)Cc1ccc(Sc2nncn2C)o1. The predicted molar refractivity (Wildman–Crippen MR) is 88.2 cm³/mol. The second-order valence-corrected chi connectivity index (χ2v) is 6.41. The van der Waals surface area contributed by atoms with E-state index in [2.05, 4.69) is 20.1 Å². The average molecular weight is 348 g/mol. The van der Waals surface area contributed by atoms with Crippen molar-refractivity contribution in [3.8, 4) is 0 Å². The minimum absolute atomic E-state index is 0.0890. The van der Waals surface area contributed by atoms with Gasteiger partial charge in [0.2, 0.25) is 0 Å². The second-order valence-electron chi connectivity index (χ2n) is 5.44. The Bertz CT molecular complexity index is 780. The van der Waals surface area contributed by atoms with E-state index in [1.54, 1.807) is 12.5 Å². The number of aliphatic hydroxyl groups excluding tert-OH is 1. The summed E-state index contributed by atoms with van der Waals surface area (Å²) >= 11 is 1.43. The van der Waals surface area contributed by atoms with E-state index >= 15 is 0 Å². The Hall–Kier alpha value is -2.10. The summed E-state index contributed by atoms with van der Waals surface area (Å²) in [6.07, 6.45) is 5.34. The highest BCUT2D eigenvalue weighted by Gasteiger charge is 2.13. The third-order valence-electron chi connectivity index (χ3n) is 3.58. The van der Waals surface area contributed by atoms with Crippen molar-refractivity contribution in [1.82, 2.24) is 29.2 Å². The Morgan fingerprint density at radius 1 is 1.25 bits per heavy atom. The minimum atomic E-state index is 0.0890. The first-order valence-electron chi connectivity index (χ1n) is 7.55. The van der Waals surface area contributed by atoms with Gasteiger partial charge in [0.25, 0.3) is 0 Å². The van der Waals surface area contributed by atoms with Crippen molar-refractivity contribution in [2.75, 3.05) is 13.2 Å². The fourth-order valence-corrected chi connectivity index (χ4v) is 3.02. The molecular formula is C15H20N6O2S. The molecule has 0 spiro atoms. The quantitative estimate of drug-likeness (QED) is 0.656. The summed E-state index contributed by atoms with van der Waals surface area (Å²) in [4.78, 5) is 6.43. The van der Waals surface area contributed by atoms with Gasteiger partial charge in [0, 0.05) is 33.0 Å². The maximum absolute atomic E-state index is 9.30. The third-order valence-corrected chi connectivity index (χ3v) is 4.55. The zero-order chi connectivity index (χ0) is 16.9. The monoisotopic (exact) mass is 348 g/mol. The predicted octanol–water partition coefficient (Wildman–Crippen LogP) is 1.29. The fraction of sp³-hybridized carbons (Fsp3) is 0.400. The maximum Gasteiger partial charge on any atom is 0.198 e. The van der Waals surface area contributed by atoms with Crippen molar-refractivity contribution >= 4 is 11.8 Å². The van der Waals surface area contributed by atoms with Crippen molar-refractivity contribution in [2.45, 2.75) is 23.3 Å². The number of rotatable bonds is 8. The van der Waals surface area contributed by atoms with Gasteiger partial charge in [-0.05, 0) is 23.9 Å². The number of aliphatic hydroxyl groups is 1. The molecule has 0 fully saturated rings. The lowest BCUT2D eigenvalue weighted by atomic mass is 10.3. The molecule has 0 aliphatic rings. The van der Waals surface area contributed by atoms with E-state index in [1.165, 1.54) is 11.8 Å². The standard InChI is InChI=1S/C15H20N6O2S/c1-19-6-5-16-13(19)10-21(7-8-22)9-12-3-4-14(23-12)24-15-18-17-11-20(15)2/h3-6,11,22H,7-10H2,1-2H3. The summed E-state index contributed by atoms with van der Waals surface area (Å²) in [6.45, 7) is 1.90. The number of aromatic nitrogens is 5. The van der Waals surface area contributed by atoms with Crippen molar-refractivity contribution in [2.24, 2.45) is 14.1 Å². The van der Waals surface area contributed by atoms with Crippen LogP contribution in [0.5, 0.6) is 0 Å². The lowest BCUT2D eigenvalue weighted by molar-refractivity contribution is 0.168. The molecule has 0 aliphatic heterocycles. The van der Waals surface area contributed by atoms with Crippen LogP contribution >= 0.6 is 11.8 Å². The van der Waals surface area contributed by atoms with Crippen LogP contribution in [0.3, 0.4) is 0 Å². The Morgan fingerprint density at radius 3 is 2.79 bits per heavy atom. The molecule has 128 valence electrons. The Balaban J connectivity index is 1.64. The highest BCUT2D eigenvalue weighted by Crippen LogP contribution is 2.27. The largest absolute Gasteiger partial charge is 0.453 e. The summed E-state index contributed by atoms with van der Waals surface area (Å²) < 4.78 is 9.68. The number of nitrogens with zero attached hydrogens (tertiary/aromatic N) is 6. The molecule has 3 heterocycles. The summed E-state index contributed by atoms with van der Waals surface area (Å²) in [5, 5.41) is 18.7. The molecule has 24 heavy (non-hydrogen) atoms. The summed E-state index contributed by atoms with van der Waals surface area (Å²) in [5.41, 5.74) is 0. The van der Waals surface area contributed by atoms with Gasteiger partial charge in [-0.2, -0.15) is 0 Å². The van der Waals surface area contributed by atoms with Crippen LogP contribution in [0.2, 0.25) is 0 Å². The zero-order valence-electron chi connectivity index (χ0n) is 13.7. The van der Waals surface area contributed by atoms with E-state index < -0.39 is 0 Å². The van der Waals surface area contributed by atoms with Crippen LogP contribution in [0.25, 0.3) is 0 Å². The highest BCUT2D eigenvalue weighted by molar-refractivity contribution is 7.99. The maximum atomic E-state index is 9.30. The molecule has 8 nitrogen and oxygen atoms in total. The molecule has 0 aliphatic carbocycles. The van der Waals surface area contributed by atoms with Gasteiger partial charge in [0.1, 0.15) is 17.9 Å². The van der Waals surface area contributed by atoms with Crippen LogP contribution in [-0.2, 0) is 27.2 Å². The van der Waals surface area contributed by atoms with Gasteiger partial charge >= 0.3 is 0 Å². The lowest BCUT2D eigenvalue weighted by Crippen LogP contribution is -2.27. The minimum Gasteiger partial charge on any atom is -0.453 e. The Morgan fingerprint density at radius 2 is 2.12 bits per heavy atom. The number of imidazole rings is 1. The number of furan rings is 1. The van der Waals surface area contributed by atoms with E-state index in [9.17, 15) is 5.11 Å². The van der Waals surface area contributed by atoms with Crippen LogP contribution in [0, 0.1) is 0 Å². The summed E-state index contributed by atoms with van der Waals surface area (Å²) in [7, 11) is 3.85. The van der Waals surface area contributed by atoms with Gasteiger partial charge in [-0.15, -0.1) is 10.2 Å². The van der Waals surface area contributed by atoms with Gasteiger partial charge in [-0.3, -0.25) is 4.90 Å². The van der Waals surface area contributed by atoms with Crippen molar-refractivity contribution in [3.63, 3.8) is 0 Å². The third kappa shape index (κ3) is 4.05. The van der Waals surface area contributed by atoms with Crippen LogP contribution < -0.4 is 0 Å². The molecule has 9 heteroatoms. The van der Waals surface area contributed by atoms with E-state index in [1.807, 2.05) is 41.6 Å². The highest BCUT2D eigenvalue weighted by atomic mass is 32.2. The molecular weight excluding hydrogens is 328 g/mol. The zero-order valence-corrected chi connectivity index (χ0v) is 14.5. The van der Waals surface area contributed by atoms with Gasteiger partial charge < -0.3 is 18.7 Å². The molecule has 1 N–H and O–H groups in total. The van der Waals surface area contributed by atoms with E-state index in [0.717, 1.165) is 21.8 Å². The molecule has 0 radical (unpaired) electrons. The van der Waals surface area contributed by atoms with Crippen LogP contribution in [0.4, 0.5) is 0 Å². The first-order chi connectivity index (χ1) is 11.7. The molecule has 0 bridgehead atoms. The van der Waals surface area contributed by atoms with Crippen LogP contribution in [-0.4, -0.2) is 47.5 Å². The summed E-state index contributed by atoms with van der Waals surface area (Å²) in [6, 6.07) is 3.87. The van der Waals surface area contributed by atoms with Crippen LogP contribution in [0.15, 0.2) is 45.5 Å². The van der Waals surface area contributed by atoms with E-state index in [4.69, 9.17) is 4.42 Å². The molecule has 3 rings (SSSR count). The molecule has 3 aromatic heterocycles. The molecule has 3 aromatic rings. The lowest BCUT2D eigenvalue weighted by Gasteiger charge is -2.19.